The minimum atomic E-state index is -9.86. The summed E-state index contributed by atoms with van der Waals surface area (Å²) in [5, 5.41) is 16.2. The third-order valence-corrected chi connectivity index (χ3v) is 8.73. The Hall–Kier alpha value is -5.16. The number of benzene rings is 3. The number of anilines is 2. The van der Waals surface area contributed by atoms with E-state index in [1.54, 1.807) is 13.0 Å². The molecule has 0 bridgehead atoms. The van der Waals surface area contributed by atoms with Crippen molar-refractivity contribution in [3.8, 4) is 28.9 Å². The summed E-state index contributed by atoms with van der Waals surface area (Å²) >= 11 is 0.902. The fraction of sp³-hybridized carbons (Fsp3) is 0.172. The minimum Gasteiger partial charge on any atom is -0.491 e. The Kier molecular flexibility index (Phi) is 8.66. The van der Waals surface area contributed by atoms with Gasteiger partial charge in [0, 0.05) is 5.56 Å². The first-order chi connectivity index (χ1) is 22.7. The van der Waals surface area contributed by atoms with Crippen molar-refractivity contribution in [2.45, 2.75) is 24.4 Å². The third kappa shape index (κ3) is 8.47. The normalized spacial score (nSPS) is 15.9. The first kappa shape index (κ1) is 35.2. The van der Waals surface area contributed by atoms with Gasteiger partial charge in [-0.15, -0.1) is 5.10 Å². The van der Waals surface area contributed by atoms with Gasteiger partial charge < -0.3 is 10.1 Å². The van der Waals surface area contributed by atoms with Gasteiger partial charge in [0.25, 0.3) is 0 Å². The molecule has 1 saturated heterocycles. The molecule has 1 N–H and O–H groups in total. The van der Waals surface area contributed by atoms with Crippen LogP contribution in [0.15, 0.2) is 76.9 Å². The van der Waals surface area contributed by atoms with Crippen LogP contribution in [0.5, 0.6) is 5.75 Å². The lowest BCUT2D eigenvalue weighted by Crippen LogP contribution is -2.31. The second-order valence-corrected chi connectivity index (χ2v) is 13.7. The number of urea groups is 1. The number of aryl methyl sites for hydroxylation is 1. The number of alkyl halides is 3. The first-order valence-electron chi connectivity index (χ1n) is 13.7. The van der Waals surface area contributed by atoms with Gasteiger partial charge in [-0.25, -0.2) is 14.5 Å². The smallest absolute Gasteiger partial charge is 0.392 e. The fourth-order valence-corrected chi connectivity index (χ4v) is 5.88. The SMILES string of the molecule is Cc1ccc(OCCC(F)(F)F)c(N2C(=O)CS/C2=N\C(=O)Nc2ccc(-c3ncn(-c4ccc(S(F)(F)(F)(F)F)cc4)n3)cc2C#N)c1. The minimum absolute atomic E-state index is 0.000723. The summed E-state index contributed by atoms with van der Waals surface area (Å²) in [5.74, 6) is -0.653. The highest BCUT2D eigenvalue weighted by Gasteiger charge is 2.65. The fourth-order valence-electron chi connectivity index (χ4n) is 4.37. The molecule has 10 nitrogen and oxygen atoms in total. The van der Waals surface area contributed by atoms with Crippen LogP contribution >= 0.6 is 22.0 Å². The predicted octanol–water partition coefficient (Wildman–Crippen LogP) is 8.77. The van der Waals surface area contributed by atoms with Crippen LogP contribution in [0.25, 0.3) is 17.1 Å². The third-order valence-electron chi connectivity index (χ3n) is 6.64. The number of aromatic nitrogens is 3. The molecule has 258 valence electrons. The number of aliphatic imine (C=N–C) groups is 1. The Labute approximate surface area is 276 Å². The lowest BCUT2D eigenvalue weighted by atomic mass is 10.1. The Bertz CT molecular complexity index is 2030. The molecule has 0 unspecified atom stereocenters. The van der Waals surface area contributed by atoms with Crippen molar-refractivity contribution in [2.24, 2.45) is 4.99 Å². The first-order valence-corrected chi connectivity index (χ1v) is 16.6. The zero-order valence-corrected chi connectivity index (χ0v) is 26.4. The molecule has 49 heavy (non-hydrogen) atoms. The van der Waals surface area contributed by atoms with Gasteiger partial charge in [-0.3, -0.25) is 9.69 Å². The lowest BCUT2D eigenvalue weighted by Gasteiger charge is -2.40. The molecule has 5 rings (SSSR count). The molecule has 3 amide bonds. The average Bonchev–Trinajstić information content (AvgIpc) is 3.63. The van der Waals surface area contributed by atoms with Crippen molar-refractivity contribution < 1.29 is 46.9 Å². The number of nitrogens with zero attached hydrogens (tertiary/aromatic N) is 6. The number of amides is 3. The van der Waals surface area contributed by atoms with Crippen LogP contribution < -0.4 is 15.0 Å². The molecule has 1 aliphatic heterocycles. The number of thioether (sulfide) groups is 1. The quantitative estimate of drug-likeness (QED) is 0.180. The summed E-state index contributed by atoms with van der Waals surface area (Å²) in [5.41, 5.74) is 0.913. The van der Waals surface area contributed by atoms with Crippen molar-refractivity contribution in [2.75, 3.05) is 22.6 Å². The zero-order valence-electron chi connectivity index (χ0n) is 24.7. The van der Waals surface area contributed by atoms with Crippen molar-refractivity contribution in [3.63, 3.8) is 0 Å². The van der Waals surface area contributed by atoms with Crippen LogP contribution in [0.2, 0.25) is 0 Å². The van der Waals surface area contributed by atoms with Crippen LogP contribution in [0.3, 0.4) is 0 Å². The van der Waals surface area contributed by atoms with E-state index in [4.69, 9.17) is 4.74 Å². The molecule has 0 saturated carbocycles. The monoisotopic (exact) mass is 731 g/mol. The summed E-state index contributed by atoms with van der Waals surface area (Å²) in [4.78, 5) is 32.7. The largest absolute Gasteiger partial charge is 0.491 e. The van der Waals surface area contributed by atoms with Crippen molar-refractivity contribution in [1.82, 2.24) is 14.8 Å². The van der Waals surface area contributed by atoms with Gasteiger partial charge >= 0.3 is 22.4 Å². The summed E-state index contributed by atoms with van der Waals surface area (Å²) in [6.45, 7) is 0.980. The number of nitrogens with one attached hydrogen (secondary N) is 1. The molecule has 2 heterocycles. The summed E-state index contributed by atoms with van der Waals surface area (Å²) in [6.07, 6.45) is -4.57. The van der Waals surface area contributed by atoms with Crippen LogP contribution in [0.1, 0.15) is 17.5 Å². The number of carbonyl (C=O) groups is 2. The van der Waals surface area contributed by atoms with Gasteiger partial charge in [-0.2, -0.15) is 23.4 Å². The van der Waals surface area contributed by atoms with Gasteiger partial charge in [-0.05, 0) is 67.1 Å². The molecular weight excluding hydrogens is 710 g/mol. The number of rotatable bonds is 8. The number of hydrogen-bond donors (Lipinski definition) is 1. The summed E-state index contributed by atoms with van der Waals surface area (Å²) in [7, 11) is -9.86. The molecule has 1 aromatic heterocycles. The van der Waals surface area contributed by atoms with E-state index in [0.717, 1.165) is 39.8 Å². The van der Waals surface area contributed by atoms with Crippen LogP contribution in [0, 0.1) is 18.3 Å². The molecule has 3 aromatic carbocycles. The number of halogens is 8. The van der Waals surface area contributed by atoms with Crippen molar-refractivity contribution in [1.29, 1.82) is 5.26 Å². The standard InChI is InChI=1S/C29H21F8N7O3S2/c1-17-2-9-24(47-11-10-29(30,31)32)23(12-17)44-25(45)15-48-28(44)41-27(46)40-22-8-3-18(13-19(22)14-38)26-39-16-43(42-26)20-4-6-21(7-5-20)49(33,34,35,36)37/h2-9,12-13,16H,10-11,15H2,1H3,(H,40,46)/b41-28-. The number of ether oxygens (including phenoxy) is 1. The molecule has 0 atom stereocenters. The van der Waals surface area contributed by atoms with E-state index >= 15 is 0 Å². The maximum Gasteiger partial charge on any atom is 0.392 e. The highest BCUT2D eigenvalue weighted by atomic mass is 32.5. The Morgan fingerprint density at radius 3 is 2.45 bits per heavy atom. The highest BCUT2D eigenvalue weighted by molar-refractivity contribution is 8.45. The van der Waals surface area contributed by atoms with Gasteiger partial charge in [0.05, 0.1) is 41.4 Å². The Balaban J connectivity index is 1.34. The number of nitriles is 1. The topological polar surface area (TPSA) is 126 Å². The van der Waals surface area contributed by atoms with Gasteiger partial charge in [0.2, 0.25) is 5.91 Å². The van der Waals surface area contributed by atoms with Gasteiger partial charge in [0.15, 0.2) is 11.0 Å². The summed E-state index contributed by atoms with van der Waals surface area (Å²) < 4.78 is 110. The second-order valence-electron chi connectivity index (χ2n) is 10.4. The molecule has 0 spiro atoms. The molecule has 0 aliphatic carbocycles. The molecule has 0 radical (unpaired) electrons. The molecule has 4 aromatic rings. The van der Waals surface area contributed by atoms with Crippen LogP contribution in [-0.2, 0) is 4.79 Å². The predicted molar refractivity (Wildman–Crippen MR) is 167 cm³/mol. The van der Waals surface area contributed by atoms with E-state index in [1.165, 1.54) is 30.3 Å². The van der Waals surface area contributed by atoms with E-state index in [-0.39, 0.29) is 62.8 Å². The lowest BCUT2D eigenvalue weighted by molar-refractivity contribution is -0.139. The second kappa shape index (κ2) is 12.1. The highest BCUT2D eigenvalue weighted by Crippen LogP contribution is 3.02. The maximum absolute atomic E-state index is 13.0. The number of hydrogen-bond acceptors (Lipinski definition) is 7. The van der Waals surface area contributed by atoms with Crippen molar-refractivity contribution >= 4 is 50.5 Å². The van der Waals surface area contributed by atoms with Crippen LogP contribution in [-0.4, -0.2) is 50.4 Å². The average molecular weight is 732 g/mol. The Morgan fingerprint density at radius 1 is 1.08 bits per heavy atom. The van der Waals surface area contributed by atoms with Gasteiger partial charge in [0.1, 0.15) is 23.0 Å². The van der Waals surface area contributed by atoms with Crippen LogP contribution in [0.4, 0.5) is 48.8 Å². The van der Waals surface area contributed by atoms with E-state index in [9.17, 15) is 47.5 Å². The molecular formula is C29H21F8N7O3S2. The van der Waals surface area contributed by atoms with E-state index in [0.29, 0.717) is 5.56 Å². The van der Waals surface area contributed by atoms with Crippen molar-refractivity contribution in [3.05, 3.63) is 78.1 Å². The Morgan fingerprint density at radius 2 is 1.80 bits per heavy atom. The zero-order chi connectivity index (χ0) is 35.8. The summed E-state index contributed by atoms with van der Waals surface area (Å²) in [6, 6.07) is 11.5. The molecule has 1 aliphatic rings. The number of amidine groups is 1. The molecule has 1 fully saturated rings. The van der Waals surface area contributed by atoms with E-state index < -0.39 is 46.3 Å². The van der Waals surface area contributed by atoms with E-state index in [2.05, 4.69) is 20.4 Å². The molecule has 20 heteroatoms. The maximum atomic E-state index is 13.0. The van der Waals surface area contributed by atoms with Gasteiger partial charge in [-0.1, -0.05) is 37.3 Å². The van der Waals surface area contributed by atoms with E-state index in [1.807, 2.05) is 6.07 Å². The number of carbonyl (C=O) groups excluding carboxylic acids is 2.